The van der Waals surface area contributed by atoms with Crippen LogP contribution >= 0.6 is 0 Å². The van der Waals surface area contributed by atoms with Gasteiger partial charge in [0.15, 0.2) is 11.3 Å². The number of fused-ring (bicyclic) bond motifs is 2. The number of methoxy groups -OCH3 is 1. The van der Waals surface area contributed by atoms with E-state index in [1.807, 2.05) is 0 Å². The Balaban J connectivity index is 2.67. The van der Waals surface area contributed by atoms with Crippen molar-refractivity contribution in [3.05, 3.63) is 34.5 Å². The predicted octanol–water partition coefficient (Wildman–Crippen LogP) is 2.07. The smallest absolute Gasteiger partial charge is 0.208 e. The van der Waals surface area contributed by atoms with Crippen molar-refractivity contribution in [1.29, 1.82) is 0 Å². The van der Waals surface area contributed by atoms with Crippen LogP contribution in [0.15, 0.2) is 33.5 Å². The number of rotatable bonds is 1. The summed E-state index contributed by atoms with van der Waals surface area (Å²) in [6, 6.07) is 5.35. The first-order valence-electron chi connectivity index (χ1n) is 5.72. The van der Waals surface area contributed by atoms with Crippen LogP contribution in [0.5, 0.6) is 23.0 Å². The van der Waals surface area contributed by atoms with Gasteiger partial charge in [0, 0.05) is 6.07 Å². The number of hydrogen-bond donors (Lipinski definition) is 3. The van der Waals surface area contributed by atoms with Crippen LogP contribution < -0.4 is 10.2 Å². The fraction of sp³-hybridized carbons (Fsp3) is 0.0714. The Morgan fingerprint density at radius 3 is 2.50 bits per heavy atom. The van der Waals surface area contributed by atoms with E-state index in [4.69, 9.17) is 9.15 Å². The Morgan fingerprint density at radius 2 is 1.80 bits per heavy atom. The highest BCUT2D eigenvalue weighted by molar-refractivity contribution is 5.99. The number of phenolic OH excluding ortho intramolecular Hbond substituents is 3. The summed E-state index contributed by atoms with van der Waals surface area (Å²) in [5.74, 6) is -1.10. The van der Waals surface area contributed by atoms with Crippen LogP contribution in [-0.2, 0) is 0 Å². The highest BCUT2D eigenvalue weighted by Gasteiger charge is 2.20. The van der Waals surface area contributed by atoms with E-state index in [0.717, 1.165) is 6.07 Å². The van der Waals surface area contributed by atoms with Crippen molar-refractivity contribution < 1.29 is 24.5 Å². The lowest BCUT2D eigenvalue weighted by Crippen LogP contribution is -2.03. The van der Waals surface area contributed by atoms with Crippen LogP contribution in [0.25, 0.3) is 21.9 Å². The molecule has 1 aromatic heterocycles. The maximum atomic E-state index is 12.4. The fourth-order valence-electron chi connectivity index (χ4n) is 2.20. The van der Waals surface area contributed by atoms with Crippen LogP contribution in [0, 0.1) is 0 Å². The Hall–Kier alpha value is -2.89. The van der Waals surface area contributed by atoms with Crippen LogP contribution in [0.2, 0.25) is 0 Å². The number of benzene rings is 2. The minimum Gasteiger partial charge on any atom is -0.507 e. The van der Waals surface area contributed by atoms with E-state index < -0.39 is 11.2 Å². The van der Waals surface area contributed by atoms with Crippen molar-refractivity contribution in [2.75, 3.05) is 7.11 Å². The van der Waals surface area contributed by atoms with Gasteiger partial charge in [-0.1, -0.05) is 6.07 Å². The van der Waals surface area contributed by atoms with Crippen molar-refractivity contribution >= 4 is 21.9 Å². The van der Waals surface area contributed by atoms with Gasteiger partial charge in [-0.15, -0.1) is 0 Å². The third-order valence-corrected chi connectivity index (χ3v) is 3.07. The van der Waals surface area contributed by atoms with Gasteiger partial charge < -0.3 is 24.5 Å². The Bertz CT molecular complexity index is 894. The molecule has 0 radical (unpaired) electrons. The van der Waals surface area contributed by atoms with Crippen LogP contribution in [-0.4, -0.2) is 22.4 Å². The molecule has 20 heavy (non-hydrogen) atoms. The maximum absolute atomic E-state index is 12.4. The molecule has 3 N–H and O–H groups in total. The molecule has 0 aliphatic heterocycles. The number of ether oxygens (including phenoxy) is 1. The zero-order valence-corrected chi connectivity index (χ0v) is 10.4. The summed E-state index contributed by atoms with van der Waals surface area (Å²) in [5, 5.41) is 29.1. The highest BCUT2D eigenvalue weighted by atomic mass is 16.5. The number of aromatic hydroxyl groups is 3. The highest BCUT2D eigenvalue weighted by Crippen LogP contribution is 2.40. The quantitative estimate of drug-likeness (QED) is 0.587. The molecular formula is C14H10O6. The molecule has 6 nitrogen and oxygen atoms in total. The molecule has 0 bridgehead atoms. The van der Waals surface area contributed by atoms with Gasteiger partial charge in [-0.2, -0.15) is 0 Å². The van der Waals surface area contributed by atoms with E-state index in [-0.39, 0.29) is 39.2 Å². The molecule has 102 valence electrons. The van der Waals surface area contributed by atoms with Gasteiger partial charge >= 0.3 is 0 Å². The fourth-order valence-corrected chi connectivity index (χ4v) is 2.20. The average Bonchev–Trinajstić information content (AvgIpc) is 2.38. The van der Waals surface area contributed by atoms with E-state index in [9.17, 15) is 20.1 Å². The van der Waals surface area contributed by atoms with Crippen molar-refractivity contribution in [3.8, 4) is 23.0 Å². The predicted molar refractivity (Wildman–Crippen MR) is 71.5 cm³/mol. The minimum absolute atomic E-state index is 0.0388. The molecule has 3 rings (SSSR count). The summed E-state index contributed by atoms with van der Waals surface area (Å²) in [5.41, 5.74) is -0.547. The van der Waals surface area contributed by atoms with Gasteiger partial charge in [0.2, 0.25) is 11.2 Å². The second-order valence-corrected chi connectivity index (χ2v) is 4.23. The summed E-state index contributed by atoms with van der Waals surface area (Å²) in [7, 11) is 1.30. The molecule has 0 unspecified atom stereocenters. The maximum Gasteiger partial charge on any atom is 0.208 e. The molecule has 2 aromatic carbocycles. The van der Waals surface area contributed by atoms with Crippen molar-refractivity contribution in [3.63, 3.8) is 0 Å². The van der Waals surface area contributed by atoms with Gasteiger partial charge in [-0.25, -0.2) is 0 Å². The van der Waals surface area contributed by atoms with Gasteiger partial charge in [0.05, 0.1) is 7.11 Å². The Labute approximate surface area is 112 Å². The van der Waals surface area contributed by atoms with E-state index in [1.54, 1.807) is 0 Å². The van der Waals surface area contributed by atoms with E-state index in [1.165, 1.54) is 25.3 Å². The first kappa shape index (κ1) is 12.2. The number of hydrogen-bond acceptors (Lipinski definition) is 6. The lowest BCUT2D eigenvalue weighted by molar-refractivity contribution is 0.368. The third kappa shape index (κ3) is 1.48. The third-order valence-electron chi connectivity index (χ3n) is 3.07. The Kier molecular flexibility index (Phi) is 2.47. The summed E-state index contributed by atoms with van der Waals surface area (Å²) in [4.78, 5) is 12.4. The van der Waals surface area contributed by atoms with Crippen LogP contribution in [0.4, 0.5) is 0 Å². The standard InChI is InChI=1S/C14H10O6/c1-19-13-8(17)5-7(16)11-12(18)10-6(15)3-2-4-9(10)20-14(11)13/h2-5,15-17H,1H3. The molecule has 0 spiro atoms. The first-order valence-corrected chi connectivity index (χ1v) is 5.72. The van der Waals surface area contributed by atoms with Gasteiger partial charge in [0.25, 0.3) is 0 Å². The lowest BCUT2D eigenvalue weighted by Gasteiger charge is -2.09. The molecule has 6 heteroatoms. The topological polar surface area (TPSA) is 100 Å². The largest absolute Gasteiger partial charge is 0.507 e. The first-order chi connectivity index (χ1) is 9.54. The Morgan fingerprint density at radius 1 is 1.05 bits per heavy atom. The van der Waals surface area contributed by atoms with Crippen molar-refractivity contribution in [1.82, 2.24) is 0 Å². The normalized spacial score (nSPS) is 11.1. The molecule has 0 aliphatic carbocycles. The van der Waals surface area contributed by atoms with Gasteiger partial charge in [-0.3, -0.25) is 4.79 Å². The zero-order chi connectivity index (χ0) is 14.4. The zero-order valence-electron chi connectivity index (χ0n) is 10.4. The van der Waals surface area contributed by atoms with E-state index in [0.29, 0.717) is 0 Å². The second kappa shape index (κ2) is 4.06. The molecular weight excluding hydrogens is 264 g/mol. The summed E-state index contributed by atoms with van der Waals surface area (Å²) >= 11 is 0. The minimum atomic E-state index is -0.602. The van der Waals surface area contributed by atoms with Gasteiger partial charge in [0.1, 0.15) is 27.9 Å². The van der Waals surface area contributed by atoms with Gasteiger partial charge in [-0.05, 0) is 12.1 Å². The molecule has 0 aliphatic rings. The molecule has 3 aromatic rings. The van der Waals surface area contributed by atoms with Crippen LogP contribution in [0.1, 0.15) is 0 Å². The van der Waals surface area contributed by atoms with Crippen LogP contribution in [0.3, 0.4) is 0 Å². The summed E-state index contributed by atoms with van der Waals surface area (Å²) in [6.45, 7) is 0. The summed E-state index contributed by atoms with van der Waals surface area (Å²) in [6.07, 6.45) is 0. The molecule has 0 amide bonds. The second-order valence-electron chi connectivity index (χ2n) is 4.23. The molecule has 1 heterocycles. The SMILES string of the molecule is COc1c(O)cc(O)c2c(=O)c3c(O)cccc3oc12. The molecule has 0 atom stereocenters. The van der Waals surface area contributed by atoms with Crippen molar-refractivity contribution in [2.24, 2.45) is 0 Å². The number of phenols is 3. The summed E-state index contributed by atoms with van der Waals surface area (Å²) < 4.78 is 10.5. The van der Waals surface area contributed by atoms with Crippen molar-refractivity contribution in [2.45, 2.75) is 0 Å². The molecule has 0 fully saturated rings. The average molecular weight is 274 g/mol. The lowest BCUT2D eigenvalue weighted by atomic mass is 10.1. The van der Waals surface area contributed by atoms with E-state index in [2.05, 4.69) is 0 Å². The molecule has 0 saturated carbocycles. The molecule has 0 saturated heterocycles. The monoisotopic (exact) mass is 274 g/mol. The van der Waals surface area contributed by atoms with E-state index >= 15 is 0 Å².